The molecule has 106 valence electrons. The largest absolute Gasteiger partial charge is 0.360 e. The minimum Gasteiger partial charge on any atom is -0.360 e. The van der Waals surface area contributed by atoms with Gasteiger partial charge in [0.2, 0.25) is 5.91 Å². The Hall–Kier alpha value is -1.85. The highest BCUT2D eigenvalue weighted by atomic mass is 35.5. The van der Waals surface area contributed by atoms with E-state index in [0.29, 0.717) is 16.6 Å². The third-order valence-electron chi connectivity index (χ3n) is 2.83. The number of hydrogen-bond acceptors (Lipinski definition) is 4. The number of halogens is 1. The third-order valence-corrected chi connectivity index (χ3v) is 3.09. The summed E-state index contributed by atoms with van der Waals surface area (Å²) in [6, 6.07) is 9.23. The number of carbonyl (C=O) groups excluding carboxylic acids is 1. The van der Waals surface area contributed by atoms with Gasteiger partial charge in [-0.3, -0.25) is 4.79 Å². The molecule has 5 nitrogen and oxygen atoms in total. The Morgan fingerprint density at radius 3 is 2.70 bits per heavy atom. The zero-order valence-corrected chi connectivity index (χ0v) is 12.1. The summed E-state index contributed by atoms with van der Waals surface area (Å²) in [5.41, 5.74) is 1.07. The maximum atomic E-state index is 11.7. The number of benzene rings is 1. The number of anilines is 1. The number of nitrogens with zero attached hydrogens (tertiary/aromatic N) is 1. The molecule has 2 rings (SSSR count). The van der Waals surface area contributed by atoms with Crippen molar-refractivity contribution in [3.63, 3.8) is 0 Å². The molecule has 0 aliphatic heterocycles. The first-order valence-corrected chi connectivity index (χ1v) is 6.64. The van der Waals surface area contributed by atoms with Crippen LogP contribution >= 0.6 is 11.6 Å². The monoisotopic (exact) mass is 293 g/mol. The van der Waals surface area contributed by atoms with E-state index in [1.54, 1.807) is 13.0 Å². The normalized spacial score (nSPS) is 12.2. The van der Waals surface area contributed by atoms with Crippen molar-refractivity contribution in [2.75, 3.05) is 11.9 Å². The van der Waals surface area contributed by atoms with E-state index in [0.717, 1.165) is 5.56 Å². The number of amides is 1. The fourth-order valence-electron chi connectivity index (χ4n) is 1.73. The summed E-state index contributed by atoms with van der Waals surface area (Å²) in [4.78, 5) is 11.7. The van der Waals surface area contributed by atoms with E-state index in [1.807, 2.05) is 31.2 Å². The van der Waals surface area contributed by atoms with Crippen molar-refractivity contribution >= 4 is 23.3 Å². The second kappa shape index (κ2) is 6.54. The first-order valence-electron chi connectivity index (χ1n) is 6.26. The third kappa shape index (κ3) is 4.08. The van der Waals surface area contributed by atoms with Gasteiger partial charge in [0, 0.05) is 17.1 Å². The Morgan fingerprint density at radius 2 is 2.10 bits per heavy atom. The van der Waals surface area contributed by atoms with Crippen molar-refractivity contribution < 1.29 is 9.32 Å². The molecular formula is C14H16ClN3O2. The van der Waals surface area contributed by atoms with Gasteiger partial charge in [0.15, 0.2) is 5.82 Å². The standard InChI is InChI=1S/C14H16ClN3O2/c1-9-7-13(18-20-9)17-14(19)8-16-10(2)11-3-5-12(15)6-4-11/h3-7,10,16H,8H2,1-2H3,(H,17,18,19)/t10-/m0/s1. The summed E-state index contributed by atoms with van der Waals surface area (Å²) < 4.78 is 4.87. The van der Waals surface area contributed by atoms with E-state index < -0.39 is 0 Å². The Labute approximate surface area is 122 Å². The predicted octanol–water partition coefficient (Wildman–Crippen LogP) is 2.93. The highest BCUT2D eigenvalue weighted by Crippen LogP contribution is 2.15. The SMILES string of the molecule is Cc1cc(NC(=O)CN[C@@H](C)c2ccc(Cl)cc2)no1. The average molecular weight is 294 g/mol. The first kappa shape index (κ1) is 14.6. The van der Waals surface area contributed by atoms with Crippen LogP contribution in [-0.4, -0.2) is 17.6 Å². The molecule has 1 heterocycles. The van der Waals surface area contributed by atoms with Crippen LogP contribution in [0, 0.1) is 6.92 Å². The highest BCUT2D eigenvalue weighted by Gasteiger charge is 2.09. The second-order valence-corrected chi connectivity index (χ2v) is 4.96. The number of hydrogen-bond donors (Lipinski definition) is 2. The highest BCUT2D eigenvalue weighted by molar-refractivity contribution is 6.30. The molecule has 2 aromatic rings. The molecule has 0 unspecified atom stereocenters. The fourth-order valence-corrected chi connectivity index (χ4v) is 1.85. The van der Waals surface area contributed by atoms with Crippen molar-refractivity contribution in [2.24, 2.45) is 0 Å². The summed E-state index contributed by atoms with van der Waals surface area (Å²) in [6.45, 7) is 3.94. The number of rotatable bonds is 5. The van der Waals surface area contributed by atoms with E-state index in [2.05, 4.69) is 15.8 Å². The first-order chi connectivity index (χ1) is 9.54. The second-order valence-electron chi connectivity index (χ2n) is 4.53. The topological polar surface area (TPSA) is 67.2 Å². The van der Waals surface area contributed by atoms with Crippen LogP contribution in [0.5, 0.6) is 0 Å². The molecule has 0 aliphatic carbocycles. The van der Waals surface area contributed by atoms with Crippen molar-refractivity contribution in [1.82, 2.24) is 10.5 Å². The van der Waals surface area contributed by atoms with Gasteiger partial charge >= 0.3 is 0 Å². The van der Waals surface area contributed by atoms with Gasteiger partial charge in [-0.1, -0.05) is 28.9 Å². The van der Waals surface area contributed by atoms with Gasteiger partial charge < -0.3 is 15.2 Å². The summed E-state index contributed by atoms with van der Waals surface area (Å²) in [5, 5.41) is 10.2. The minimum atomic E-state index is -0.167. The smallest absolute Gasteiger partial charge is 0.239 e. The molecule has 1 aromatic heterocycles. The minimum absolute atomic E-state index is 0.0528. The summed E-state index contributed by atoms with van der Waals surface area (Å²) >= 11 is 5.84. The molecule has 0 aliphatic rings. The van der Waals surface area contributed by atoms with Crippen LogP contribution in [0.4, 0.5) is 5.82 Å². The van der Waals surface area contributed by atoms with Gasteiger partial charge in [0.05, 0.1) is 6.54 Å². The number of nitrogens with one attached hydrogen (secondary N) is 2. The zero-order valence-electron chi connectivity index (χ0n) is 11.3. The molecule has 0 fully saturated rings. The summed E-state index contributed by atoms with van der Waals surface area (Å²) in [5.74, 6) is 0.912. The van der Waals surface area contributed by atoms with Crippen LogP contribution in [0.25, 0.3) is 0 Å². The molecule has 20 heavy (non-hydrogen) atoms. The molecule has 0 bridgehead atoms. The van der Waals surface area contributed by atoms with E-state index >= 15 is 0 Å². The van der Waals surface area contributed by atoms with Crippen molar-refractivity contribution in [3.05, 3.63) is 46.7 Å². The molecule has 0 saturated heterocycles. The molecule has 0 saturated carbocycles. The fraction of sp³-hybridized carbons (Fsp3) is 0.286. The van der Waals surface area contributed by atoms with E-state index in [1.165, 1.54) is 0 Å². The summed E-state index contributed by atoms with van der Waals surface area (Å²) in [6.07, 6.45) is 0. The van der Waals surface area contributed by atoms with Crippen LogP contribution in [0.3, 0.4) is 0 Å². The van der Waals surface area contributed by atoms with E-state index in [-0.39, 0.29) is 18.5 Å². The van der Waals surface area contributed by atoms with Gasteiger partial charge in [-0.15, -0.1) is 0 Å². The van der Waals surface area contributed by atoms with Crippen molar-refractivity contribution in [1.29, 1.82) is 0 Å². The molecule has 2 N–H and O–H groups in total. The van der Waals surface area contributed by atoms with Crippen LogP contribution in [0.1, 0.15) is 24.3 Å². The molecule has 0 spiro atoms. The quantitative estimate of drug-likeness (QED) is 0.889. The Kier molecular flexibility index (Phi) is 4.76. The molecule has 1 aromatic carbocycles. The predicted molar refractivity (Wildman–Crippen MR) is 77.7 cm³/mol. The van der Waals surface area contributed by atoms with Crippen LogP contribution in [0.15, 0.2) is 34.9 Å². The molecule has 0 radical (unpaired) electrons. The lowest BCUT2D eigenvalue weighted by Crippen LogP contribution is -2.30. The summed E-state index contributed by atoms with van der Waals surface area (Å²) in [7, 11) is 0. The van der Waals surface area contributed by atoms with Gasteiger partial charge in [0.25, 0.3) is 0 Å². The van der Waals surface area contributed by atoms with Gasteiger partial charge in [-0.2, -0.15) is 0 Å². The lowest BCUT2D eigenvalue weighted by molar-refractivity contribution is -0.115. The number of aromatic nitrogens is 1. The molecular weight excluding hydrogens is 278 g/mol. The van der Waals surface area contributed by atoms with Crippen LogP contribution in [0.2, 0.25) is 5.02 Å². The zero-order chi connectivity index (χ0) is 14.5. The van der Waals surface area contributed by atoms with Gasteiger partial charge in [-0.25, -0.2) is 0 Å². The van der Waals surface area contributed by atoms with Gasteiger partial charge in [0.1, 0.15) is 5.76 Å². The molecule has 1 atom stereocenters. The lowest BCUT2D eigenvalue weighted by atomic mass is 10.1. The Bertz CT molecular complexity index is 580. The Morgan fingerprint density at radius 1 is 1.40 bits per heavy atom. The average Bonchev–Trinajstić information content (AvgIpc) is 2.82. The maximum absolute atomic E-state index is 11.7. The number of aryl methyl sites for hydroxylation is 1. The molecule has 1 amide bonds. The lowest BCUT2D eigenvalue weighted by Gasteiger charge is -2.13. The Balaban J connectivity index is 1.82. The van der Waals surface area contributed by atoms with E-state index in [4.69, 9.17) is 16.1 Å². The number of carbonyl (C=O) groups is 1. The van der Waals surface area contributed by atoms with Crippen LogP contribution < -0.4 is 10.6 Å². The van der Waals surface area contributed by atoms with Gasteiger partial charge in [-0.05, 0) is 31.5 Å². The van der Waals surface area contributed by atoms with Crippen molar-refractivity contribution in [3.8, 4) is 0 Å². The maximum Gasteiger partial charge on any atom is 0.239 e. The molecule has 6 heteroatoms. The van der Waals surface area contributed by atoms with E-state index in [9.17, 15) is 4.79 Å². The van der Waals surface area contributed by atoms with Crippen LogP contribution in [-0.2, 0) is 4.79 Å². The van der Waals surface area contributed by atoms with Crippen molar-refractivity contribution in [2.45, 2.75) is 19.9 Å².